The summed E-state index contributed by atoms with van der Waals surface area (Å²) in [4.78, 5) is 59.7. The van der Waals surface area contributed by atoms with Crippen LogP contribution >= 0.6 is 12.6 Å². The van der Waals surface area contributed by atoms with E-state index in [2.05, 4.69) is 43.5 Å². The number of aromatic nitrogens is 3. The van der Waals surface area contributed by atoms with Gasteiger partial charge in [0.25, 0.3) is 0 Å². The highest BCUT2D eigenvalue weighted by molar-refractivity contribution is 7.80. The number of carbonyl (C=O) groups is 4. The summed E-state index contributed by atoms with van der Waals surface area (Å²) in [5.41, 5.74) is 7.75. The number of amides is 3. The molecule has 36 heavy (non-hydrogen) atoms. The first kappa shape index (κ1) is 26.8. The Morgan fingerprint density at radius 2 is 1.75 bits per heavy atom. The van der Waals surface area contributed by atoms with Gasteiger partial charge in [-0.15, -0.1) is 0 Å². The van der Waals surface area contributed by atoms with Crippen molar-refractivity contribution in [3.8, 4) is 0 Å². The summed E-state index contributed by atoms with van der Waals surface area (Å²) in [5.74, 6) is -3.03. The third-order valence-electron chi connectivity index (χ3n) is 5.61. The van der Waals surface area contributed by atoms with E-state index in [0.29, 0.717) is 5.69 Å². The van der Waals surface area contributed by atoms with E-state index in [9.17, 15) is 24.3 Å². The third-order valence-corrected chi connectivity index (χ3v) is 6.00. The van der Waals surface area contributed by atoms with Gasteiger partial charge in [-0.05, 0) is 18.6 Å². The van der Waals surface area contributed by atoms with Crippen LogP contribution in [0.2, 0.25) is 0 Å². The lowest BCUT2D eigenvalue weighted by molar-refractivity contribution is -0.142. The molecule has 13 heteroatoms. The fourth-order valence-electron chi connectivity index (χ4n) is 3.58. The van der Waals surface area contributed by atoms with E-state index in [0.717, 1.165) is 16.5 Å². The number of carboxylic acid groups (broad SMARTS) is 1. The highest BCUT2D eigenvalue weighted by Crippen LogP contribution is 2.19. The molecule has 0 aliphatic carbocycles. The molecule has 1 aromatic carbocycles. The average molecular weight is 516 g/mol. The molecule has 12 nitrogen and oxygen atoms in total. The number of rotatable bonds is 12. The minimum Gasteiger partial charge on any atom is -0.480 e. The number of H-pyrrole nitrogens is 2. The lowest BCUT2D eigenvalue weighted by Gasteiger charge is -2.23. The Hall–Kier alpha value is -3.84. The molecule has 0 saturated heterocycles. The fraction of sp³-hybridized carbons (Fsp3) is 0.348. The van der Waals surface area contributed by atoms with Gasteiger partial charge in [-0.2, -0.15) is 12.6 Å². The quantitative estimate of drug-likeness (QED) is 0.149. The van der Waals surface area contributed by atoms with Crippen LogP contribution in [0.5, 0.6) is 0 Å². The van der Waals surface area contributed by atoms with Crippen LogP contribution in [0, 0.1) is 0 Å². The number of hydrogen-bond donors (Lipinski definition) is 8. The highest BCUT2D eigenvalue weighted by atomic mass is 32.1. The molecule has 2 aromatic heterocycles. The standard InChI is InChI=1S/C23H29N7O5S/c1-12(28-21(32)16(24)10-36)20(31)29-18(7-14-9-25-11-27-14)22(33)30-19(23(34)35)6-13-8-26-17-5-3-2-4-15(13)17/h2-5,8-9,11-12,16,18-19,26,36H,6-7,10,24H2,1H3,(H,25,27)(H,28,32)(H,29,31)(H,30,33)(H,34,35). The highest BCUT2D eigenvalue weighted by Gasteiger charge is 2.29. The number of thiol groups is 1. The Bertz CT molecular complexity index is 1210. The Morgan fingerprint density at radius 3 is 2.42 bits per heavy atom. The van der Waals surface area contributed by atoms with Crippen LogP contribution in [0.4, 0.5) is 0 Å². The van der Waals surface area contributed by atoms with Crippen LogP contribution in [0.15, 0.2) is 43.0 Å². The summed E-state index contributed by atoms with van der Waals surface area (Å²) in [7, 11) is 0. The summed E-state index contributed by atoms with van der Waals surface area (Å²) >= 11 is 3.96. The van der Waals surface area contributed by atoms with E-state index in [4.69, 9.17) is 5.73 Å². The molecule has 3 aromatic rings. The van der Waals surface area contributed by atoms with E-state index in [1.165, 1.54) is 19.4 Å². The molecule has 0 saturated carbocycles. The van der Waals surface area contributed by atoms with Crippen molar-refractivity contribution >= 4 is 47.2 Å². The minimum absolute atomic E-state index is 0.0216. The zero-order chi connectivity index (χ0) is 26.2. The second kappa shape index (κ2) is 12.2. The molecule has 3 rings (SSSR count). The molecule has 3 amide bonds. The molecule has 2 heterocycles. The van der Waals surface area contributed by atoms with Gasteiger partial charge in [0.1, 0.15) is 18.1 Å². The predicted molar refractivity (Wildman–Crippen MR) is 135 cm³/mol. The summed E-state index contributed by atoms with van der Waals surface area (Å²) in [6, 6.07) is 3.15. The second-order valence-electron chi connectivity index (χ2n) is 8.32. The zero-order valence-electron chi connectivity index (χ0n) is 19.5. The predicted octanol–water partition coefficient (Wildman–Crippen LogP) is -0.508. The first-order valence-electron chi connectivity index (χ1n) is 11.2. The van der Waals surface area contributed by atoms with Crippen molar-refractivity contribution in [3.63, 3.8) is 0 Å². The molecule has 4 atom stereocenters. The van der Waals surface area contributed by atoms with Crippen molar-refractivity contribution in [2.24, 2.45) is 5.73 Å². The van der Waals surface area contributed by atoms with Gasteiger partial charge < -0.3 is 36.8 Å². The molecule has 192 valence electrons. The van der Waals surface area contributed by atoms with Crippen molar-refractivity contribution < 1.29 is 24.3 Å². The SMILES string of the molecule is CC(NC(=O)C(N)CS)C(=O)NC(Cc1cnc[nH]1)C(=O)NC(Cc1c[nH]c2ccccc12)C(=O)O. The Balaban J connectivity index is 1.73. The van der Waals surface area contributed by atoms with E-state index in [1.807, 2.05) is 24.3 Å². The number of para-hydroxylation sites is 1. The summed E-state index contributed by atoms with van der Waals surface area (Å²) in [6.07, 6.45) is 4.67. The summed E-state index contributed by atoms with van der Waals surface area (Å²) < 4.78 is 0. The summed E-state index contributed by atoms with van der Waals surface area (Å²) in [5, 5.41) is 18.2. The minimum atomic E-state index is -1.25. The number of benzene rings is 1. The van der Waals surface area contributed by atoms with Crippen molar-refractivity contribution in [1.82, 2.24) is 30.9 Å². The number of nitrogens with one attached hydrogen (secondary N) is 5. The van der Waals surface area contributed by atoms with Crippen LogP contribution in [-0.4, -0.2) is 73.7 Å². The smallest absolute Gasteiger partial charge is 0.326 e. The van der Waals surface area contributed by atoms with E-state index < -0.39 is 47.9 Å². The number of fused-ring (bicyclic) bond motifs is 1. The lowest BCUT2D eigenvalue weighted by atomic mass is 10.0. The normalized spacial score (nSPS) is 14.4. The Labute approximate surface area is 212 Å². The van der Waals surface area contributed by atoms with E-state index >= 15 is 0 Å². The first-order valence-corrected chi connectivity index (χ1v) is 11.9. The molecule has 4 unspecified atom stereocenters. The van der Waals surface area contributed by atoms with E-state index in [-0.39, 0.29) is 18.6 Å². The maximum atomic E-state index is 13.2. The second-order valence-corrected chi connectivity index (χ2v) is 8.69. The van der Waals surface area contributed by atoms with Crippen LogP contribution < -0.4 is 21.7 Å². The van der Waals surface area contributed by atoms with Crippen LogP contribution in [0.3, 0.4) is 0 Å². The number of aromatic amines is 2. The van der Waals surface area contributed by atoms with Gasteiger partial charge in [0.2, 0.25) is 17.7 Å². The fourth-order valence-corrected chi connectivity index (χ4v) is 3.75. The van der Waals surface area contributed by atoms with Crippen molar-refractivity contribution in [1.29, 1.82) is 0 Å². The number of carbonyl (C=O) groups excluding carboxylic acids is 3. The topological polar surface area (TPSA) is 195 Å². The number of carboxylic acids is 1. The van der Waals surface area contributed by atoms with Gasteiger partial charge in [0.15, 0.2) is 0 Å². The molecule has 0 radical (unpaired) electrons. The van der Waals surface area contributed by atoms with Gasteiger partial charge >= 0.3 is 5.97 Å². The molecule has 0 spiro atoms. The Morgan fingerprint density at radius 1 is 1.03 bits per heavy atom. The number of nitrogens with two attached hydrogens (primary N) is 1. The van der Waals surface area contributed by atoms with Gasteiger partial charge in [-0.3, -0.25) is 14.4 Å². The number of aliphatic carboxylic acids is 1. The molecule has 0 aliphatic heterocycles. The average Bonchev–Trinajstić information content (AvgIpc) is 3.52. The van der Waals surface area contributed by atoms with Crippen LogP contribution in [0.25, 0.3) is 10.9 Å². The lowest BCUT2D eigenvalue weighted by Crippen LogP contribution is -2.57. The number of imidazole rings is 1. The van der Waals surface area contributed by atoms with Crippen molar-refractivity contribution in [2.75, 3.05) is 5.75 Å². The molecule has 0 fully saturated rings. The molecule has 0 aliphatic rings. The molecule has 0 bridgehead atoms. The van der Waals surface area contributed by atoms with Gasteiger partial charge in [-0.1, -0.05) is 18.2 Å². The zero-order valence-corrected chi connectivity index (χ0v) is 20.4. The molecule has 8 N–H and O–H groups in total. The molecular weight excluding hydrogens is 486 g/mol. The third kappa shape index (κ3) is 6.86. The monoisotopic (exact) mass is 515 g/mol. The Kier molecular flexibility index (Phi) is 9.08. The number of nitrogens with zero attached hydrogens (tertiary/aromatic N) is 1. The van der Waals surface area contributed by atoms with E-state index in [1.54, 1.807) is 6.20 Å². The van der Waals surface area contributed by atoms with Crippen molar-refractivity contribution in [3.05, 3.63) is 54.2 Å². The summed E-state index contributed by atoms with van der Waals surface area (Å²) in [6.45, 7) is 1.45. The number of hydrogen-bond acceptors (Lipinski definition) is 7. The maximum absolute atomic E-state index is 13.2. The first-order chi connectivity index (χ1) is 17.2. The van der Waals surface area contributed by atoms with Gasteiger partial charge in [-0.25, -0.2) is 9.78 Å². The van der Waals surface area contributed by atoms with Crippen LogP contribution in [0.1, 0.15) is 18.2 Å². The van der Waals surface area contributed by atoms with Gasteiger partial charge in [0.05, 0.1) is 12.4 Å². The largest absolute Gasteiger partial charge is 0.480 e. The maximum Gasteiger partial charge on any atom is 0.326 e. The molecular formula is C23H29N7O5S. The van der Waals surface area contributed by atoms with Crippen molar-refractivity contribution in [2.45, 2.75) is 43.9 Å². The van der Waals surface area contributed by atoms with Crippen LogP contribution in [-0.2, 0) is 32.0 Å². The van der Waals surface area contributed by atoms with Gasteiger partial charge in [0, 0.05) is 47.6 Å².